The molecule has 0 aliphatic carbocycles. The topological polar surface area (TPSA) is 64.0 Å². The van der Waals surface area contributed by atoms with Gasteiger partial charge in [0.05, 0.1) is 20.8 Å². The second-order valence-electron chi connectivity index (χ2n) is 8.34. The maximum atomic E-state index is 13.5. The van der Waals surface area contributed by atoms with Crippen LogP contribution >= 0.6 is 0 Å². The molecule has 0 N–H and O–H groups in total. The molecule has 0 radical (unpaired) electrons. The summed E-state index contributed by atoms with van der Waals surface area (Å²) >= 11 is 0. The number of benzene rings is 1. The van der Waals surface area contributed by atoms with Crippen LogP contribution in [0.25, 0.3) is 0 Å². The fourth-order valence-electron chi connectivity index (χ4n) is 3.49. The number of hydrogen-bond acceptors (Lipinski definition) is 4. The summed E-state index contributed by atoms with van der Waals surface area (Å²) in [7, 11) is 4.99. The summed E-state index contributed by atoms with van der Waals surface area (Å²) in [6.45, 7) is 9.05. The van der Waals surface area contributed by atoms with E-state index in [9.17, 15) is 9.59 Å². The SMILES string of the molecule is COc1cccc(OC)c1C(=O)N(CC(=O)N(Cc1cccn1C)CC(C)C)C(C)C. The van der Waals surface area contributed by atoms with Crippen LogP contribution in [0.3, 0.4) is 0 Å². The van der Waals surface area contributed by atoms with Gasteiger partial charge in [0.2, 0.25) is 5.91 Å². The van der Waals surface area contributed by atoms with Crippen molar-refractivity contribution in [3.05, 3.63) is 47.8 Å². The highest BCUT2D eigenvalue weighted by atomic mass is 16.5. The van der Waals surface area contributed by atoms with Crippen LogP contribution in [-0.4, -0.2) is 59.5 Å². The standard InChI is InChI=1S/C24H35N3O4/c1-17(2)14-26(15-19-10-9-13-25(19)5)22(28)16-27(18(3)4)24(29)23-20(30-6)11-8-12-21(23)31-7/h8-13,17-18H,14-16H2,1-7H3. The van der Waals surface area contributed by atoms with Crippen LogP contribution < -0.4 is 9.47 Å². The molecule has 2 aromatic rings. The summed E-state index contributed by atoms with van der Waals surface area (Å²) in [6, 6.07) is 9.00. The lowest BCUT2D eigenvalue weighted by Gasteiger charge is -2.31. The zero-order valence-corrected chi connectivity index (χ0v) is 19.7. The maximum Gasteiger partial charge on any atom is 0.262 e. The molecule has 7 heteroatoms. The normalized spacial score (nSPS) is 11.0. The molecule has 0 spiro atoms. The summed E-state index contributed by atoms with van der Waals surface area (Å²) in [5, 5.41) is 0. The molecule has 0 fully saturated rings. The van der Waals surface area contributed by atoms with E-state index in [4.69, 9.17) is 9.47 Å². The molecule has 31 heavy (non-hydrogen) atoms. The number of carbonyl (C=O) groups is 2. The smallest absolute Gasteiger partial charge is 0.262 e. The van der Waals surface area contributed by atoms with E-state index in [1.54, 1.807) is 23.1 Å². The van der Waals surface area contributed by atoms with Gasteiger partial charge in [0.1, 0.15) is 23.6 Å². The summed E-state index contributed by atoms with van der Waals surface area (Å²) in [6.07, 6.45) is 1.96. The van der Waals surface area contributed by atoms with Crippen molar-refractivity contribution in [1.29, 1.82) is 0 Å². The number of methoxy groups -OCH3 is 2. The number of aryl methyl sites for hydroxylation is 1. The summed E-state index contributed by atoms with van der Waals surface area (Å²) in [5.74, 6) is 0.768. The van der Waals surface area contributed by atoms with Crippen molar-refractivity contribution in [2.24, 2.45) is 13.0 Å². The first-order valence-electron chi connectivity index (χ1n) is 10.6. The van der Waals surface area contributed by atoms with Gasteiger partial charge in [-0.15, -0.1) is 0 Å². The second-order valence-corrected chi connectivity index (χ2v) is 8.34. The van der Waals surface area contributed by atoms with E-state index < -0.39 is 0 Å². The third-order valence-electron chi connectivity index (χ3n) is 5.17. The summed E-state index contributed by atoms with van der Waals surface area (Å²) in [4.78, 5) is 30.2. The van der Waals surface area contributed by atoms with Crippen molar-refractivity contribution >= 4 is 11.8 Å². The fraction of sp³-hybridized carbons (Fsp3) is 0.500. The van der Waals surface area contributed by atoms with E-state index in [-0.39, 0.29) is 24.4 Å². The van der Waals surface area contributed by atoms with Crippen molar-refractivity contribution in [3.63, 3.8) is 0 Å². The molecule has 7 nitrogen and oxygen atoms in total. The van der Waals surface area contributed by atoms with Crippen LogP contribution in [0.15, 0.2) is 36.5 Å². The lowest BCUT2D eigenvalue weighted by atomic mass is 10.1. The van der Waals surface area contributed by atoms with Gasteiger partial charge in [-0.25, -0.2) is 0 Å². The van der Waals surface area contributed by atoms with E-state index in [2.05, 4.69) is 13.8 Å². The van der Waals surface area contributed by atoms with Crippen molar-refractivity contribution in [2.45, 2.75) is 40.3 Å². The minimum atomic E-state index is -0.291. The predicted molar refractivity (Wildman–Crippen MR) is 121 cm³/mol. The van der Waals surface area contributed by atoms with Gasteiger partial charge >= 0.3 is 0 Å². The fourth-order valence-corrected chi connectivity index (χ4v) is 3.49. The molecule has 0 unspecified atom stereocenters. The molecular formula is C24H35N3O4. The Bertz CT molecular complexity index is 866. The summed E-state index contributed by atoms with van der Waals surface area (Å²) in [5.41, 5.74) is 1.37. The predicted octanol–water partition coefficient (Wildman–Crippen LogP) is 3.58. The Labute approximate surface area is 185 Å². The van der Waals surface area contributed by atoms with Gasteiger partial charge in [0.25, 0.3) is 5.91 Å². The van der Waals surface area contributed by atoms with E-state index in [0.717, 1.165) is 5.69 Å². The monoisotopic (exact) mass is 429 g/mol. The largest absolute Gasteiger partial charge is 0.496 e. The average molecular weight is 430 g/mol. The lowest BCUT2D eigenvalue weighted by molar-refractivity contribution is -0.133. The first kappa shape index (κ1) is 24.3. The molecule has 1 heterocycles. The molecule has 1 aromatic heterocycles. The van der Waals surface area contributed by atoms with E-state index >= 15 is 0 Å². The first-order chi connectivity index (χ1) is 14.7. The third kappa shape index (κ3) is 6.03. The molecular weight excluding hydrogens is 394 g/mol. The molecule has 2 rings (SSSR count). The molecule has 0 saturated carbocycles. The molecule has 1 aromatic carbocycles. The minimum Gasteiger partial charge on any atom is -0.496 e. The molecule has 2 amide bonds. The van der Waals surface area contributed by atoms with Gasteiger partial charge in [-0.1, -0.05) is 19.9 Å². The molecule has 0 bridgehead atoms. The molecule has 0 aliphatic rings. The molecule has 0 saturated heterocycles. The number of hydrogen-bond donors (Lipinski definition) is 0. The minimum absolute atomic E-state index is 0.0190. The molecule has 170 valence electrons. The average Bonchev–Trinajstić information content (AvgIpc) is 3.13. The molecule has 0 atom stereocenters. The highest BCUT2D eigenvalue weighted by Crippen LogP contribution is 2.30. The van der Waals surface area contributed by atoms with Crippen molar-refractivity contribution < 1.29 is 19.1 Å². The van der Waals surface area contributed by atoms with Gasteiger partial charge < -0.3 is 23.8 Å². The first-order valence-corrected chi connectivity index (χ1v) is 10.6. The van der Waals surface area contributed by atoms with Gasteiger partial charge in [0.15, 0.2) is 0 Å². The van der Waals surface area contributed by atoms with Crippen LogP contribution in [0.4, 0.5) is 0 Å². The number of ether oxygens (including phenoxy) is 2. The van der Waals surface area contributed by atoms with Crippen LogP contribution in [-0.2, 0) is 18.4 Å². The number of aromatic nitrogens is 1. The van der Waals surface area contributed by atoms with Gasteiger partial charge in [-0.05, 0) is 44.0 Å². The highest BCUT2D eigenvalue weighted by molar-refractivity contribution is 6.01. The Morgan fingerprint density at radius 1 is 1.00 bits per heavy atom. The van der Waals surface area contributed by atoms with E-state index in [0.29, 0.717) is 36.1 Å². The van der Waals surface area contributed by atoms with E-state index in [1.807, 2.05) is 48.7 Å². The van der Waals surface area contributed by atoms with Gasteiger partial charge in [-0.2, -0.15) is 0 Å². The number of carbonyl (C=O) groups excluding carboxylic acids is 2. The number of rotatable bonds is 10. The number of amides is 2. The zero-order chi connectivity index (χ0) is 23.1. The Balaban J connectivity index is 2.31. The van der Waals surface area contributed by atoms with Crippen LogP contribution in [0, 0.1) is 5.92 Å². The highest BCUT2D eigenvalue weighted by Gasteiger charge is 2.29. The lowest BCUT2D eigenvalue weighted by Crippen LogP contribution is -2.46. The number of nitrogens with zero attached hydrogens (tertiary/aromatic N) is 3. The quantitative estimate of drug-likeness (QED) is 0.579. The Hall–Kier alpha value is -2.96. The Kier molecular flexibility index (Phi) is 8.54. The Morgan fingerprint density at radius 2 is 1.61 bits per heavy atom. The molecule has 0 aliphatic heterocycles. The van der Waals surface area contributed by atoms with Crippen LogP contribution in [0.2, 0.25) is 0 Å². The second kappa shape index (κ2) is 10.9. The van der Waals surface area contributed by atoms with Crippen molar-refractivity contribution in [2.75, 3.05) is 27.3 Å². The van der Waals surface area contributed by atoms with Crippen LogP contribution in [0.5, 0.6) is 11.5 Å². The maximum absolute atomic E-state index is 13.5. The summed E-state index contributed by atoms with van der Waals surface area (Å²) < 4.78 is 12.8. The third-order valence-corrected chi connectivity index (χ3v) is 5.17. The van der Waals surface area contributed by atoms with Crippen molar-refractivity contribution in [1.82, 2.24) is 14.4 Å². The van der Waals surface area contributed by atoms with E-state index in [1.165, 1.54) is 14.2 Å². The van der Waals surface area contributed by atoms with Gasteiger partial charge in [-0.3, -0.25) is 9.59 Å². The van der Waals surface area contributed by atoms with Gasteiger partial charge in [0, 0.05) is 31.5 Å². The Morgan fingerprint density at radius 3 is 2.06 bits per heavy atom. The van der Waals surface area contributed by atoms with Crippen molar-refractivity contribution in [3.8, 4) is 11.5 Å². The zero-order valence-electron chi connectivity index (χ0n) is 19.7. The van der Waals surface area contributed by atoms with Crippen LogP contribution in [0.1, 0.15) is 43.7 Å².